The Bertz CT molecular complexity index is 679. The predicted molar refractivity (Wildman–Crippen MR) is 93.5 cm³/mol. The maximum atomic E-state index is 11.6. The van der Waals surface area contributed by atoms with Crippen molar-refractivity contribution >= 4 is 27.1 Å². The van der Waals surface area contributed by atoms with Crippen molar-refractivity contribution in [3.63, 3.8) is 0 Å². The third-order valence-corrected chi connectivity index (χ3v) is 6.82. The Labute approximate surface area is 141 Å². The summed E-state index contributed by atoms with van der Waals surface area (Å²) in [7, 11) is -0.824. The van der Waals surface area contributed by atoms with Gasteiger partial charge in [0.05, 0.1) is 28.8 Å². The minimum absolute atomic E-state index is 0.158. The standard InChI is InChI=1S/C15H24N4O2S2/c1-11-17-14(9-22-11)8-19(2)15(18-13-3-4-13)16-7-12-5-6-23(20,21)10-12/h9,12-13H,3-8,10H2,1-2H3,(H,16,18). The molecule has 6 nitrogen and oxygen atoms in total. The summed E-state index contributed by atoms with van der Waals surface area (Å²) in [5.41, 5.74) is 1.05. The molecule has 2 aliphatic rings. The van der Waals surface area contributed by atoms with Crippen LogP contribution in [0.1, 0.15) is 30.0 Å². The molecule has 1 aromatic heterocycles. The van der Waals surface area contributed by atoms with Crippen molar-refractivity contribution in [3.05, 3.63) is 16.1 Å². The van der Waals surface area contributed by atoms with Crippen LogP contribution in [0.2, 0.25) is 0 Å². The zero-order chi connectivity index (χ0) is 16.4. The Kier molecular flexibility index (Phi) is 4.91. The van der Waals surface area contributed by atoms with Gasteiger partial charge in [-0.05, 0) is 32.1 Å². The molecule has 2 fully saturated rings. The van der Waals surface area contributed by atoms with Gasteiger partial charge >= 0.3 is 0 Å². The van der Waals surface area contributed by atoms with Crippen molar-refractivity contribution < 1.29 is 8.42 Å². The van der Waals surface area contributed by atoms with Crippen LogP contribution < -0.4 is 5.32 Å². The number of nitrogens with zero attached hydrogens (tertiary/aromatic N) is 3. The number of aromatic nitrogens is 1. The van der Waals surface area contributed by atoms with Crippen LogP contribution in [0.4, 0.5) is 0 Å². The number of aliphatic imine (C=N–C) groups is 1. The first-order valence-corrected chi connectivity index (χ1v) is 10.7. The third kappa shape index (κ3) is 4.91. The van der Waals surface area contributed by atoms with Crippen molar-refractivity contribution in [2.45, 2.75) is 38.8 Å². The van der Waals surface area contributed by atoms with Crippen molar-refractivity contribution in [2.75, 3.05) is 25.1 Å². The summed E-state index contributed by atoms with van der Waals surface area (Å²) in [6.07, 6.45) is 3.10. The molecule has 0 radical (unpaired) electrons. The largest absolute Gasteiger partial charge is 0.354 e. The Balaban J connectivity index is 1.62. The van der Waals surface area contributed by atoms with Crippen LogP contribution in [0, 0.1) is 12.8 Å². The Morgan fingerprint density at radius 2 is 2.26 bits per heavy atom. The van der Waals surface area contributed by atoms with Crippen LogP contribution in [0.25, 0.3) is 0 Å². The van der Waals surface area contributed by atoms with E-state index in [1.54, 1.807) is 11.3 Å². The third-order valence-electron chi connectivity index (χ3n) is 4.16. The highest BCUT2D eigenvalue weighted by Gasteiger charge is 2.28. The van der Waals surface area contributed by atoms with Gasteiger partial charge in [-0.1, -0.05) is 0 Å². The van der Waals surface area contributed by atoms with E-state index in [1.165, 1.54) is 12.8 Å². The minimum atomic E-state index is -2.83. The van der Waals surface area contributed by atoms with E-state index < -0.39 is 9.84 Å². The van der Waals surface area contributed by atoms with Crippen LogP contribution in [-0.4, -0.2) is 55.4 Å². The quantitative estimate of drug-likeness (QED) is 0.638. The molecule has 0 aromatic carbocycles. The van der Waals surface area contributed by atoms with Crippen LogP contribution >= 0.6 is 11.3 Å². The van der Waals surface area contributed by atoms with E-state index in [1.807, 2.05) is 14.0 Å². The minimum Gasteiger partial charge on any atom is -0.354 e. The topological polar surface area (TPSA) is 74.7 Å². The molecule has 3 rings (SSSR count). The van der Waals surface area contributed by atoms with Gasteiger partial charge in [0.1, 0.15) is 0 Å². The number of nitrogens with one attached hydrogen (secondary N) is 1. The monoisotopic (exact) mass is 356 g/mol. The first-order chi connectivity index (χ1) is 10.9. The molecule has 1 aromatic rings. The molecule has 1 saturated heterocycles. The Morgan fingerprint density at radius 1 is 1.48 bits per heavy atom. The highest BCUT2D eigenvalue weighted by atomic mass is 32.2. The van der Waals surface area contributed by atoms with Gasteiger partial charge in [-0.2, -0.15) is 0 Å². The molecule has 8 heteroatoms. The molecule has 128 valence electrons. The molecule has 1 saturated carbocycles. The van der Waals surface area contributed by atoms with Crippen LogP contribution in [0.15, 0.2) is 10.4 Å². The molecule has 23 heavy (non-hydrogen) atoms. The molecule has 1 aliphatic heterocycles. The summed E-state index contributed by atoms with van der Waals surface area (Å²) in [5, 5.41) is 6.61. The molecule has 1 N–H and O–H groups in total. The lowest BCUT2D eigenvalue weighted by Gasteiger charge is -2.22. The van der Waals surface area contributed by atoms with Gasteiger partial charge in [-0.15, -0.1) is 11.3 Å². The average molecular weight is 357 g/mol. The van der Waals surface area contributed by atoms with Crippen molar-refractivity contribution in [1.29, 1.82) is 0 Å². The average Bonchev–Trinajstić information content (AvgIpc) is 3.11. The van der Waals surface area contributed by atoms with Gasteiger partial charge in [-0.3, -0.25) is 4.99 Å². The molecule has 0 spiro atoms. The second-order valence-electron chi connectivity index (χ2n) is 6.57. The van der Waals surface area contributed by atoms with Crippen molar-refractivity contribution in [1.82, 2.24) is 15.2 Å². The Hall–Kier alpha value is -1.15. The van der Waals surface area contributed by atoms with Crippen LogP contribution in [0.5, 0.6) is 0 Å². The maximum Gasteiger partial charge on any atom is 0.194 e. The molecule has 0 amide bonds. The number of rotatable bonds is 5. The van der Waals surface area contributed by atoms with E-state index in [-0.39, 0.29) is 11.7 Å². The lowest BCUT2D eigenvalue weighted by Crippen LogP contribution is -2.40. The number of aryl methyl sites for hydroxylation is 1. The van der Waals surface area contributed by atoms with Crippen LogP contribution in [-0.2, 0) is 16.4 Å². The van der Waals surface area contributed by atoms with Gasteiger partial charge in [0.15, 0.2) is 15.8 Å². The lowest BCUT2D eigenvalue weighted by atomic mass is 10.1. The Morgan fingerprint density at radius 3 is 2.83 bits per heavy atom. The number of thiazole rings is 1. The maximum absolute atomic E-state index is 11.6. The number of hydrogen-bond acceptors (Lipinski definition) is 5. The van der Waals surface area contributed by atoms with Gasteiger partial charge in [-0.25, -0.2) is 13.4 Å². The highest BCUT2D eigenvalue weighted by molar-refractivity contribution is 7.91. The number of hydrogen-bond donors (Lipinski definition) is 1. The normalized spacial score (nSPS) is 23.9. The van der Waals surface area contributed by atoms with Crippen LogP contribution in [0.3, 0.4) is 0 Å². The summed E-state index contributed by atoms with van der Waals surface area (Å²) in [5.74, 6) is 1.61. The second-order valence-corrected chi connectivity index (χ2v) is 9.86. The molecule has 2 heterocycles. The van der Waals surface area contributed by atoms with Gasteiger partial charge < -0.3 is 10.2 Å². The van der Waals surface area contributed by atoms with E-state index in [0.717, 1.165) is 23.1 Å². The van der Waals surface area contributed by atoms with Crippen molar-refractivity contribution in [3.8, 4) is 0 Å². The van der Waals surface area contributed by atoms with E-state index in [0.29, 0.717) is 24.9 Å². The lowest BCUT2D eigenvalue weighted by molar-refractivity contribution is 0.464. The predicted octanol–water partition coefficient (Wildman–Crippen LogP) is 1.43. The fourth-order valence-corrected chi connectivity index (χ4v) is 5.17. The van der Waals surface area contributed by atoms with E-state index in [9.17, 15) is 8.42 Å². The molecular weight excluding hydrogens is 332 g/mol. The summed E-state index contributed by atoms with van der Waals surface area (Å²) < 4.78 is 23.1. The summed E-state index contributed by atoms with van der Waals surface area (Å²) in [4.78, 5) is 11.3. The van der Waals surface area contributed by atoms with E-state index in [2.05, 4.69) is 20.6 Å². The zero-order valence-corrected chi connectivity index (χ0v) is 15.3. The first-order valence-electron chi connectivity index (χ1n) is 8.05. The van der Waals surface area contributed by atoms with Gasteiger partial charge in [0.25, 0.3) is 0 Å². The number of guanidine groups is 1. The molecule has 0 bridgehead atoms. The summed E-state index contributed by atoms with van der Waals surface area (Å²) in [6, 6.07) is 0.515. The van der Waals surface area contributed by atoms with Gasteiger partial charge in [0, 0.05) is 25.0 Å². The fourth-order valence-electron chi connectivity index (χ4n) is 2.72. The zero-order valence-electron chi connectivity index (χ0n) is 13.7. The van der Waals surface area contributed by atoms with Gasteiger partial charge in [0.2, 0.25) is 0 Å². The molecule has 1 atom stereocenters. The van der Waals surface area contributed by atoms with Crippen molar-refractivity contribution in [2.24, 2.45) is 10.9 Å². The molecule has 1 aliphatic carbocycles. The smallest absolute Gasteiger partial charge is 0.194 e. The summed E-state index contributed by atoms with van der Waals surface area (Å²) in [6.45, 7) is 3.30. The molecular formula is C15H24N4O2S2. The first kappa shape index (κ1) is 16.7. The second kappa shape index (κ2) is 6.76. The highest BCUT2D eigenvalue weighted by Crippen LogP contribution is 2.21. The number of sulfone groups is 1. The van der Waals surface area contributed by atoms with E-state index in [4.69, 9.17) is 4.99 Å². The SMILES string of the molecule is Cc1nc(CN(C)C(=NCC2CCS(=O)(=O)C2)NC2CC2)cs1. The summed E-state index contributed by atoms with van der Waals surface area (Å²) >= 11 is 1.65. The molecule has 1 unspecified atom stereocenters. The van der Waals surface area contributed by atoms with E-state index >= 15 is 0 Å². The fraction of sp³-hybridized carbons (Fsp3) is 0.733.